The summed E-state index contributed by atoms with van der Waals surface area (Å²) in [4.78, 5) is 44.2. The molecule has 1 aromatic heterocycles. The molecule has 3 aliphatic rings. The van der Waals surface area contributed by atoms with Crippen LogP contribution in [0.25, 0.3) is 10.9 Å². The van der Waals surface area contributed by atoms with Crippen molar-refractivity contribution in [3.05, 3.63) is 70.7 Å². The first-order chi connectivity index (χ1) is 20.7. The molecule has 43 heavy (non-hydrogen) atoms. The molecule has 2 atom stereocenters. The Morgan fingerprint density at radius 1 is 1.14 bits per heavy atom. The summed E-state index contributed by atoms with van der Waals surface area (Å²) in [5.41, 5.74) is 8.88. The van der Waals surface area contributed by atoms with E-state index in [4.69, 9.17) is 20.3 Å². The van der Waals surface area contributed by atoms with Crippen LogP contribution in [0, 0.1) is 5.82 Å². The maximum atomic E-state index is 15.2. The van der Waals surface area contributed by atoms with Gasteiger partial charge in [0.25, 0.3) is 5.91 Å². The van der Waals surface area contributed by atoms with Crippen LogP contribution in [0.1, 0.15) is 65.2 Å². The molecular formula is C32H35FN4O6. The van der Waals surface area contributed by atoms with Gasteiger partial charge in [0.2, 0.25) is 5.91 Å². The van der Waals surface area contributed by atoms with Gasteiger partial charge in [-0.05, 0) is 73.2 Å². The van der Waals surface area contributed by atoms with Gasteiger partial charge in [-0.15, -0.1) is 0 Å². The van der Waals surface area contributed by atoms with Gasteiger partial charge in [-0.2, -0.15) is 0 Å². The number of aromatic nitrogens is 1. The molecule has 3 aliphatic heterocycles. The number of carboxylic acid groups (broad SMARTS) is 1. The molecule has 0 radical (unpaired) electrons. The number of hydrogen-bond acceptors (Lipinski definition) is 7. The molecule has 226 valence electrons. The van der Waals surface area contributed by atoms with Crippen LogP contribution in [-0.2, 0) is 27.4 Å². The fourth-order valence-corrected chi connectivity index (χ4v) is 6.42. The Balaban J connectivity index is 1.07. The Morgan fingerprint density at radius 3 is 2.72 bits per heavy atom. The summed E-state index contributed by atoms with van der Waals surface area (Å²) in [6.45, 7) is 3.64. The number of primary amides is 1. The number of halogens is 1. The van der Waals surface area contributed by atoms with Gasteiger partial charge in [-0.25, -0.2) is 9.37 Å². The van der Waals surface area contributed by atoms with Gasteiger partial charge < -0.3 is 25.2 Å². The van der Waals surface area contributed by atoms with Crippen molar-refractivity contribution in [2.45, 2.75) is 63.3 Å². The fourth-order valence-electron chi connectivity index (χ4n) is 6.42. The SMILES string of the molecule is NC(=O)[C@H](CCC(=O)O)N1Cc2cc(O[C@H]3CCN(Cc4cc(F)c5nc(C6CCOCC6)ccc5c4)C3)ccc2C1=O. The van der Waals surface area contributed by atoms with Crippen molar-refractivity contribution in [2.24, 2.45) is 5.73 Å². The number of carbonyl (C=O) groups excluding carboxylic acids is 2. The number of aliphatic carboxylic acids is 1. The van der Waals surface area contributed by atoms with Crippen LogP contribution in [0.3, 0.4) is 0 Å². The number of benzene rings is 2. The largest absolute Gasteiger partial charge is 0.489 e. The zero-order valence-corrected chi connectivity index (χ0v) is 23.8. The summed E-state index contributed by atoms with van der Waals surface area (Å²) < 4.78 is 26.9. The zero-order valence-electron chi connectivity index (χ0n) is 23.8. The number of ether oxygens (including phenoxy) is 2. The monoisotopic (exact) mass is 590 g/mol. The Morgan fingerprint density at radius 2 is 1.95 bits per heavy atom. The number of carboxylic acids is 1. The lowest BCUT2D eigenvalue weighted by atomic mass is 9.95. The molecule has 0 bridgehead atoms. The van der Waals surface area contributed by atoms with Gasteiger partial charge in [0.05, 0.1) is 0 Å². The van der Waals surface area contributed by atoms with Gasteiger partial charge in [0.1, 0.15) is 29.2 Å². The zero-order chi connectivity index (χ0) is 30.1. The minimum atomic E-state index is -1.06. The van der Waals surface area contributed by atoms with Crippen LogP contribution in [0.2, 0.25) is 0 Å². The highest BCUT2D eigenvalue weighted by atomic mass is 19.1. The first-order valence-electron chi connectivity index (χ1n) is 14.8. The molecule has 0 unspecified atom stereocenters. The molecule has 2 amide bonds. The molecule has 0 spiro atoms. The number of amides is 2. The molecule has 3 aromatic rings. The van der Waals surface area contributed by atoms with E-state index in [9.17, 15) is 14.4 Å². The van der Waals surface area contributed by atoms with Crippen molar-refractivity contribution in [1.29, 1.82) is 0 Å². The van der Waals surface area contributed by atoms with Crippen molar-refractivity contribution < 1.29 is 33.4 Å². The van der Waals surface area contributed by atoms with E-state index in [-0.39, 0.29) is 37.2 Å². The van der Waals surface area contributed by atoms with E-state index in [1.165, 1.54) is 4.90 Å². The Bertz CT molecular complexity index is 1560. The topological polar surface area (TPSA) is 135 Å². The summed E-state index contributed by atoms with van der Waals surface area (Å²) in [6, 6.07) is 11.8. The summed E-state index contributed by atoms with van der Waals surface area (Å²) in [5.74, 6) is -1.52. The van der Waals surface area contributed by atoms with E-state index < -0.39 is 17.9 Å². The van der Waals surface area contributed by atoms with Gasteiger partial charge in [0, 0.05) is 68.4 Å². The van der Waals surface area contributed by atoms with Crippen molar-refractivity contribution in [3.8, 4) is 5.75 Å². The second-order valence-electron chi connectivity index (χ2n) is 11.6. The maximum Gasteiger partial charge on any atom is 0.303 e. The Kier molecular flexibility index (Phi) is 8.27. The lowest BCUT2D eigenvalue weighted by Gasteiger charge is -2.24. The van der Waals surface area contributed by atoms with E-state index in [0.717, 1.165) is 42.5 Å². The highest BCUT2D eigenvalue weighted by Crippen LogP contribution is 2.32. The number of likely N-dealkylation sites (tertiary alicyclic amines) is 1. The van der Waals surface area contributed by atoms with Crippen molar-refractivity contribution in [3.63, 3.8) is 0 Å². The fraction of sp³-hybridized carbons (Fsp3) is 0.438. The Hall–Kier alpha value is -4.09. The number of nitrogens with zero attached hydrogens (tertiary/aromatic N) is 3. The Labute approximate surface area is 248 Å². The van der Waals surface area contributed by atoms with Gasteiger partial charge in [-0.1, -0.05) is 6.07 Å². The van der Waals surface area contributed by atoms with E-state index in [1.54, 1.807) is 24.3 Å². The average Bonchev–Trinajstić information content (AvgIpc) is 3.56. The number of pyridine rings is 1. The molecule has 10 nitrogen and oxygen atoms in total. The minimum absolute atomic E-state index is 0.0411. The normalized spacial score (nSPS) is 20.0. The first kappa shape index (κ1) is 29.0. The highest BCUT2D eigenvalue weighted by Gasteiger charge is 2.36. The third kappa shape index (κ3) is 6.33. The van der Waals surface area contributed by atoms with Crippen LogP contribution in [0.4, 0.5) is 4.39 Å². The first-order valence-corrected chi connectivity index (χ1v) is 14.8. The van der Waals surface area contributed by atoms with Gasteiger partial charge >= 0.3 is 5.97 Å². The van der Waals surface area contributed by atoms with Crippen molar-refractivity contribution >= 4 is 28.7 Å². The predicted molar refractivity (Wildman–Crippen MR) is 155 cm³/mol. The third-order valence-corrected chi connectivity index (χ3v) is 8.65. The van der Waals surface area contributed by atoms with Crippen LogP contribution in [-0.4, -0.2) is 76.1 Å². The quantitative estimate of drug-likeness (QED) is 0.366. The van der Waals surface area contributed by atoms with Crippen molar-refractivity contribution in [2.75, 3.05) is 26.3 Å². The molecule has 4 heterocycles. The lowest BCUT2D eigenvalue weighted by molar-refractivity contribution is -0.137. The third-order valence-electron chi connectivity index (χ3n) is 8.65. The smallest absolute Gasteiger partial charge is 0.303 e. The summed E-state index contributed by atoms with van der Waals surface area (Å²) in [6.07, 6.45) is 2.23. The molecule has 11 heteroatoms. The van der Waals surface area contributed by atoms with Crippen LogP contribution in [0.15, 0.2) is 42.5 Å². The van der Waals surface area contributed by atoms with Gasteiger partial charge in [-0.3, -0.25) is 19.3 Å². The number of fused-ring (bicyclic) bond motifs is 2. The van der Waals surface area contributed by atoms with E-state index in [0.29, 0.717) is 54.6 Å². The predicted octanol–water partition coefficient (Wildman–Crippen LogP) is 3.60. The van der Waals surface area contributed by atoms with E-state index in [1.807, 2.05) is 18.2 Å². The molecule has 2 saturated heterocycles. The van der Waals surface area contributed by atoms with E-state index in [2.05, 4.69) is 9.88 Å². The van der Waals surface area contributed by atoms with Crippen molar-refractivity contribution in [1.82, 2.24) is 14.8 Å². The molecule has 2 aromatic carbocycles. The maximum absolute atomic E-state index is 15.2. The van der Waals surface area contributed by atoms with Crippen LogP contribution < -0.4 is 10.5 Å². The minimum Gasteiger partial charge on any atom is -0.489 e. The lowest BCUT2D eigenvalue weighted by Crippen LogP contribution is -2.45. The summed E-state index contributed by atoms with van der Waals surface area (Å²) in [5, 5.41) is 9.80. The number of carbonyl (C=O) groups is 3. The number of hydrogen-bond donors (Lipinski definition) is 2. The van der Waals surface area contributed by atoms with Gasteiger partial charge in [0.15, 0.2) is 0 Å². The van der Waals surface area contributed by atoms with E-state index >= 15 is 4.39 Å². The number of nitrogens with two attached hydrogens (primary N) is 1. The summed E-state index contributed by atoms with van der Waals surface area (Å²) >= 11 is 0. The number of rotatable bonds is 10. The standard InChI is InChI=1S/C32H35FN4O6/c33-26-14-19(13-21-1-4-27(35-30(21)26)20-8-11-42-12-9-20)16-36-10-7-24(18-36)43-23-2-3-25-22(15-23)17-37(32(25)41)28(31(34)40)5-6-29(38)39/h1-4,13-15,20,24,28H,5-12,16-18H2,(H2,34,40)(H,38,39)/t24-,28-/m0/s1. The second-order valence-corrected chi connectivity index (χ2v) is 11.6. The molecule has 3 N–H and O–H groups in total. The average molecular weight is 591 g/mol. The highest BCUT2D eigenvalue weighted by molar-refractivity contribution is 6.01. The molecule has 6 rings (SSSR count). The van der Waals surface area contributed by atoms with Crippen LogP contribution in [0.5, 0.6) is 5.75 Å². The second kappa shape index (κ2) is 12.3. The molecule has 0 saturated carbocycles. The molecule has 0 aliphatic carbocycles. The van der Waals surface area contributed by atoms with Crippen LogP contribution >= 0.6 is 0 Å². The molecular weight excluding hydrogens is 555 g/mol. The summed E-state index contributed by atoms with van der Waals surface area (Å²) in [7, 11) is 0. The molecule has 2 fully saturated rings.